The first-order valence-electron chi connectivity index (χ1n) is 10.6. The van der Waals surface area contributed by atoms with Crippen LogP contribution in [0.3, 0.4) is 0 Å². The maximum atomic E-state index is 12.6. The fourth-order valence-corrected chi connectivity index (χ4v) is 3.99. The van der Waals surface area contributed by atoms with E-state index in [1.807, 2.05) is 51.1 Å². The van der Waals surface area contributed by atoms with E-state index >= 15 is 0 Å². The molecule has 0 spiro atoms. The molecule has 1 fully saturated rings. The number of fused-ring (bicyclic) bond motifs is 1. The van der Waals surface area contributed by atoms with Crippen LogP contribution in [0.15, 0.2) is 42.5 Å². The molecule has 0 bridgehead atoms. The van der Waals surface area contributed by atoms with E-state index in [1.54, 1.807) is 0 Å². The maximum Gasteiger partial charge on any atom is 0.279 e. The van der Waals surface area contributed by atoms with Gasteiger partial charge in [0.1, 0.15) is 13.1 Å². The van der Waals surface area contributed by atoms with Crippen LogP contribution in [-0.2, 0) is 9.59 Å². The second kappa shape index (κ2) is 9.37. The smallest absolute Gasteiger partial charge is 0.279 e. The predicted molar refractivity (Wildman–Crippen MR) is 116 cm³/mol. The first-order valence-corrected chi connectivity index (χ1v) is 10.6. The molecule has 3 rings (SSSR count). The number of carbonyl (C=O) groups is 2. The monoisotopic (exact) mass is 398 g/mol. The van der Waals surface area contributed by atoms with E-state index in [-0.39, 0.29) is 17.4 Å². The Morgan fingerprint density at radius 2 is 1.48 bits per heavy atom. The van der Waals surface area contributed by atoms with Crippen molar-refractivity contribution in [3.05, 3.63) is 42.5 Å². The third-order valence-corrected chi connectivity index (χ3v) is 5.29. The first-order chi connectivity index (χ1) is 13.8. The molecule has 0 saturated carbocycles. The van der Waals surface area contributed by atoms with Crippen LogP contribution in [0.25, 0.3) is 10.8 Å². The van der Waals surface area contributed by atoms with Gasteiger partial charge in [-0.1, -0.05) is 36.4 Å². The van der Waals surface area contributed by atoms with E-state index in [4.69, 9.17) is 0 Å². The Bertz CT molecular complexity index is 854. The Hall–Kier alpha value is -2.44. The molecule has 4 N–H and O–H groups in total. The second-order valence-electron chi connectivity index (χ2n) is 9.08. The van der Waals surface area contributed by atoms with Gasteiger partial charge in [-0.15, -0.1) is 0 Å². The molecule has 156 valence electrons. The van der Waals surface area contributed by atoms with Gasteiger partial charge in [-0.2, -0.15) is 0 Å². The summed E-state index contributed by atoms with van der Waals surface area (Å²) in [6.07, 6.45) is 1.02. The number of hydrogen-bond acceptors (Lipinski definition) is 2. The van der Waals surface area contributed by atoms with Gasteiger partial charge in [-0.05, 0) is 32.2 Å². The lowest BCUT2D eigenvalue weighted by molar-refractivity contribution is -0.930. The van der Waals surface area contributed by atoms with E-state index < -0.39 is 0 Å². The lowest BCUT2D eigenvalue weighted by Gasteiger charge is -2.22. The quantitative estimate of drug-likeness (QED) is 0.567. The van der Waals surface area contributed by atoms with E-state index in [9.17, 15) is 9.59 Å². The molecule has 2 unspecified atom stereocenters. The van der Waals surface area contributed by atoms with Gasteiger partial charge in [-0.25, -0.2) is 0 Å². The summed E-state index contributed by atoms with van der Waals surface area (Å²) >= 11 is 0. The number of benzene rings is 2. The topological polar surface area (TPSA) is 67.1 Å². The molecule has 0 aromatic heterocycles. The molecule has 2 aromatic rings. The molecule has 2 aromatic carbocycles. The predicted octanol–water partition coefficient (Wildman–Crippen LogP) is -0.133. The normalized spacial score (nSPS) is 20.1. The Morgan fingerprint density at radius 3 is 2.17 bits per heavy atom. The van der Waals surface area contributed by atoms with Crippen molar-refractivity contribution >= 4 is 28.3 Å². The minimum Gasteiger partial charge on any atom is -0.347 e. The Labute approximate surface area is 173 Å². The van der Waals surface area contributed by atoms with Crippen molar-refractivity contribution < 1.29 is 19.4 Å². The summed E-state index contributed by atoms with van der Waals surface area (Å²) in [6.45, 7) is 10.7. The largest absolute Gasteiger partial charge is 0.347 e. The number of rotatable bonds is 5. The summed E-state index contributed by atoms with van der Waals surface area (Å²) in [4.78, 5) is 27.4. The molecule has 1 saturated heterocycles. The van der Waals surface area contributed by atoms with Crippen molar-refractivity contribution in [3.8, 4) is 0 Å². The van der Waals surface area contributed by atoms with Gasteiger partial charge < -0.3 is 20.4 Å². The molecular formula is C23H34N4O2+2. The van der Waals surface area contributed by atoms with Crippen molar-refractivity contribution in [2.45, 2.75) is 32.7 Å². The zero-order chi connectivity index (χ0) is 20.9. The molecule has 29 heavy (non-hydrogen) atoms. The zero-order valence-electron chi connectivity index (χ0n) is 17.8. The molecule has 2 atom stereocenters. The van der Waals surface area contributed by atoms with E-state index in [0.29, 0.717) is 13.1 Å². The van der Waals surface area contributed by atoms with Crippen LogP contribution < -0.4 is 20.4 Å². The average molecular weight is 399 g/mol. The molecule has 2 amide bonds. The van der Waals surface area contributed by atoms with Crippen LogP contribution in [0, 0.1) is 0 Å². The highest BCUT2D eigenvalue weighted by Crippen LogP contribution is 2.22. The molecule has 0 radical (unpaired) electrons. The summed E-state index contributed by atoms with van der Waals surface area (Å²) in [5.74, 6) is 0.148. The number of amides is 2. The number of quaternary nitrogens is 2. The molecule has 1 heterocycles. The summed E-state index contributed by atoms with van der Waals surface area (Å²) in [5, 5.41) is 8.32. The second-order valence-corrected chi connectivity index (χ2v) is 9.08. The summed E-state index contributed by atoms with van der Waals surface area (Å²) in [6, 6.07) is 14.1. The van der Waals surface area contributed by atoms with Gasteiger partial charge in [0.15, 0.2) is 13.1 Å². The molecular weight excluding hydrogens is 364 g/mol. The Kier molecular flexibility index (Phi) is 6.87. The molecule has 0 aliphatic carbocycles. The fourth-order valence-electron chi connectivity index (χ4n) is 3.99. The van der Waals surface area contributed by atoms with Gasteiger partial charge in [0.25, 0.3) is 11.8 Å². The van der Waals surface area contributed by atoms with Crippen molar-refractivity contribution in [2.24, 2.45) is 0 Å². The fraction of sp³-hybridized carbons (Fsp3) is 0.478. The van der Waals surface area contributed by atoms with Crippen LogP contribution in [-0.4, -0.2) is 56.6 Å². The van der Waals surface area contributed by atoms with Crippen LogP contribution in [0.5, 0.6) is 0 Å². The summed E-state index contributed by atoms with van der Waals surface area (Å²) in [5.41, 5.74) is 0.674. The average Bonchev–Trinajstić information content (AvgIpc) is 2.85. The number of carbonyl (C=O) groups excluding carboxylic acids is 2. The summed E-state index contributed by atoms with van der Waals surface area (Å²) in [7, 11) is 0. The van der Waals surface area contributed by atoms with Crippen molar-refractivity contribution in [1.29, 1.82) is 0 Å². The van der Waals surface area contributed by atoms with Crippen molar-refractivity contribution in [3.63, 3.8) is 0 Å². The molecule has 1 aliphatic heterocycles. The lowest BCUT2D eigenvalue weighted by Crippen LogP contribution is -3.18. The highest BCUT2D eigenvalue weighted by Gasteiger charge is 2.25. The van der Waals surface area contributed by atoms with E-state index in [0.717, 1.165) is 49.1 Å². The summed E-state index contributed by atoms with van der Waals surface area (Å²) < 4.78 is 0. The number of nitrogens with one attached hydrogen (secondary N) is 4. The highest BCUT2D eigenvalue weighted by atomic mass is 16.2. The van der Waals surface area contributed by atoms with Gasteiger partial charge in [0.2, 0.25) is 0 Å². The van der Waals surface area contributed by atoms with E-state index in [2.05, 4.69) is 22.8 Å². The maximum absolute atomic E-state index is 12.6. The zero-order valence-corrected chi connectivity index (χ0v) is 17.8. The Morgan fingerprint density at radius 1 is 0.862 bits per heavy atom. The Balaban J connectivity index is 1.51. The standard InChI is InChI=1S/C23H32N4O2/c1-23(2,3)25-22(29)17-27-13-7-12-26(14-15-27)16-21(28)24-20-11-6-9-18-8-4-5-10-19(18)20/h4-6,8-11H,7,12-17H2,1-3H3,(H,24,28)(H,25,29)/p+2. The highest BCUT2D eigenvalue weighted by molar-refractivity contribution is 6.02. The van der Waals surface area contributed by atoms with Crippen molar-refractivity contribution in [2.75, 3.05) is 44.6 Å². The van der Waals surface area contributed by atoms with Crippen LogP contribution in [0.2, 0.25) is 0 Å². The molecule has 1 aliphatic rings. The first kappa shape index (κ1) is 21.3. The third kappa shape index (κ3) is 6.54. The van der Waals surface area contributed by atoms with Crippen LogP contribution >= 0.6 is 0 Å². The molecule has 6 heteroatoms. The lowest BCUT2D eigenvalue weighted by atomic mass is 10.1. The van der Waals surface area contributed by atoms with Gasteiger partial charge in [0.05, 0.1) is 13.1 Å². The van der Waals surface area contributed by atoms with Crippen molar-refractivity contribution in [1.82, 2.24) is 5.32 Å². The van der Waals surface area contributed by atoms with Gasteiger partial charge in [-0.3, -0.25) is 9.59 Å². The van der Waals surface area contributed by atoms with Gasteiger partial charge in [0, 0.05) is 23.0 Å². The van der Waals surface area contributed by atoms with Gasteiger partial charge >= 0.3 is 0 Å². The number of anilines is 1. The third-order valence-electron chi connectivity index (χ3n) is 5.29. The van der Waals surface area contributed by atoms with Crippen LogP contribution in [0.4, 0.5) is 5.69 Å². The minimum atomic E-state index is -0.195. The SMILES string of the molecule is CC(C)(C)NC(=O)C[NH+]1CCC[NH+](CC(=O)Nc2cccc3ccccc23)CC1. The molecule has 6 nitrogen and oxygen atoms in total. The van der Waals surface area contributed by atoms with Crippen LogP contribution in [0.1, 0.15) is 27.2 Å². The van der Waals surface area contributed by atoms with E-state index in [1.165, 1.54) is 9.80 Å². The number of hydrogen-bond donors (Lipinski definition) is 4. The minimum absolute atomic E-state index is 0.0466.